The molecule has 2 aromatic rings. The maximum atomic E-state index is 11.7. The second kappa shape index (κ2) is 6.72. The molecule has 0 bridgehead atoms. The zero-order chi connectivity index (χ0) is 17.1. The highest BCUT2D eigenvalue weighted by Gasteiger charge is 2.29. The SMILES string of the molecule is N[C@@H](COC(=O)OCC1c2ccccc2-c2ccccc21)C(=O)O. The summed E-state index contributed by atoms with van der Waals surface area (Å²) in [4.78, 5) is 22.3. The van der Waals surface area contributed by atoms with Crippen molar-refractivity contribution in [1.29, 1.82) is 0 Å². The second-order valence-electron chi connectivity index (χ2n) is 5.54. The largest absolute Gasteiger partial charge is 0.508 e. The Bertz CT molecular complexity index is 728. The van der Waals surface area contributed by atoms with Crippen molar-refractivity contribution in [3.8, 4) is 11.1 Å². The number of carbonyl (C=O) groups excluding carboxylic acids is 1. The van der Waals surface area contributed by atoms with E-state index in [1.807, 2.05) is 48.5 Å². The van der Waals surface area contributed by atoms with Gasteiger partial charge in [0.05, 0.1) is 0 Å². The molecule has 1 atom stereocenters. The third kappa shape index (κ3) is 3.09. The lowest BCUT2D eigenvalue weighted by Crippen LogP contribution is -2.36. The fraction of sp³-hybridized carbons (Fsp3) is 0.222. The first-order valence-corrected chi connectivity index (χ1v) is 7.54. The molecule has 2 aromatic carbocycles. The highest BCUT2D eigenvalue weighted by Crippen LogP contribution is 2.44. The van der Waals surface area contributed by atoms with Crippen molar-refractivity contribution < 1.29 is 24.2 Å². The van der Waals surface area contributed by atoms with E-state index in [0.29, 0.717) is 0 Å². The number of hydrogen-bond donors (Lipinski definition) is 2. The van der Waals surface area contributed by atoms with E-state index >= 15 is 0 Å². The Balaban J connectivity index is 1.67. The van der Waals surface area contributed by atoms with Crippen LogP contribution in [0.15, 0.2) is 48.5 Å². The molecule has 3 rings (SSSR count). The lowest BCUT2D eigenvalue weighted by Gasteiger charge is -2.14. The molecule has 0 unspecified atom stereocenters. The monoisotopic (exact) mass is 327 g/mol. The van der Waals surface area contributed by atoms with Crippen LogP contribution < -0.4 is 5.73 Å². The Morgan fingerprint density at radius 2 is 1.54 bits per heavy atom. The van der Waals surface area contributed by atoms with Crippen molar-refractivity contribution in [1.82, 2.24) is 0 Å². The summed E-state index contributed by atoms with van der Waals surface area (Å²) in [5.74, 6) is -1.31. The van der Waals surface area contributed by atoms with Gasteiger partial charge in [-0.2, -0.15) is 0 Å². The van der Waals surface area contributed by atoms with Crippen molar-refractivity contribution >= 4 is 12.1 Å². The van der Waals surface area contributed by atoms with Gasteiger partial charge in [0.15, 0.2) is 0 Å². The van der Waals surface area contributed by atoms with Crippen LogP contribution in [-0.2, 0) is 14.3 Å². The van der Waals surface area contributed by atoms with Gasteiger partial charge in [-0.3, -0.25) is 4.79 Å². The number of aliphatic carboxylic acids is 1. The highest BCUT2D eigenvalue weighted by molar-refractivity contribution is 5.79. The van der Waals surface area contributed by atoms with E-state index in [0.717, 1.165) is 22.3 Å². The first-order valence-electron chi connectivity index (χ1n) is 7.54. The number of ether oxygens (including phenoxy) is 2. The quantitative estimate of drug-likeness (QED) is 0.818. The fourth-order valence-corrected chi connectivity index (χ4v) is 2.86. The summed E-state index contributed by atoms with van der Waals surface area (Å²) in [6.45, 7) is -0.304. The van der Waals surface area contributed by atoms with Gasteiger partial charge in [-0.1, -0.05) is 48.5 Å². The molecule has 6 nitrogen and oxygen atoms in total. The summed E-state index contributed by atoms with van der Waals surface area (Å²) >= 11 is 0. The number of rotatable bonds is 5. The van der Waals surface area contributed by atoms with E-state index in [1.54, 1.807) is 0 Å². The summed E-state index contributed by atoms with van der Waals surface area (Å²) in [6, 6.07) is 14.7. The van der Waals surface area contributed by atoms with Gasteiger partial charge in [0.25, 0.3) is 0 Å². The van der Waals surface area contributed by atoms with Gasteiger partial charge in [0.2, 0.25) is 0 Å². The molecular weight excluding hydrogens is 310 g/mol. The smallest absolute Gasteiger partial charge is 0.480 e. The molecule has 6 heteroatoms. The first kappa shape index (κ1) is 16.0. The Morgan fingerprint density at radius 3 is 2.08 bits per heavy atom. The van der Waals surface area contributed by atoms with Crippen LogP contribution in [-0.4, -0.2) is 36.5 Å². The Labute approximate surface area is 138 Å². The lowest BCUT2D eigenvalue weighted by atomic mass is 9.98. The molecule has 0 fully saturated rings. The molecular formula is C18H17NO5. The van der Waals surface area contributed by atoms with E-state index in [1.165, 1.54) is 0 Å². The number of fused-ring (bicyclic) bond motifs is 3. The molecule has 24 heavy (non-hydrogen) atoms. The van der Waals surface area contributed by atoms with Crippen LogP contribution >= 0.6 is 0 Å². The molecule has 124 valence electrons. The predicted molar refractivity (Wildman–Crippen MR) is 86.6 cm³/mol. The van der Waals surface area contributed by atoms with Crippen LogP contribution in [0.4, 0.5) is 4.79 Å². The lowest BCUT2D eigenvalue weighted by molar-refractivity contribution is -0.139. The summed E-state index contributed by atoms with van der Waals surface area (Å²) in [5, 5.41) is 8.66. The van der Waals surface area contributed by atoms with Crippen LogP contribution in [0.5, 0.6) is 0 Å². The molecule has 0 spiro atoms. The van der Waals surface area contributed by atoms with Crippen molar-refractivity contribution in [2.75, 3.05) is 13.2 Å². The first-order chi connectivity index (χ1) is 11.6. The Hall–Kier alpha value is -2.86. The minimum absolute atomic E-state index is 0.0712. The number of carboxylic acid groups (broad SMARTS) is 1. The predicted octanol–water partition coefficient (Wildman–Crippen LogP) is 2.36. The minimum atomic E-state index is -1.26. The van der Waals surface area contributed by atoms with Crippen LogP contribution in [0.2, 0.25) is 0 Å². The number of carboxylic acids is 1. The van der Waals surface area contributed by atoms with Crippen molar-refractivity contribution in [3.63, 3.8) is 0 Å². The summed E-state index contributed by atoms with van der Waals surface area (Å²) < 4.78 is 9.89. The summed E-state index contributed by atoms with van der Waals surface area (Å²) in [7, 11) is 0. The van der Waals surface area contributed by atoms with Gasteiger partial charge in [-0.05, 0) is 22.3 Å². The van der Waals surface area contributed by atoms with E-state index in [4.69, 9.17) is 20.3 Å². The molecule has 1 aliphatic carbocycles. The van der Waals surface area contributed by atoms with Crippen LogP contribution in [0.25, 0.3) is 11.1 Å². The number of benzene rings is 2. The fourth-order valence-electron chi connectivity index (χ4n) is 2.86. The van der Waals surface area contributed by atoms with Gasteiger partial charge in [-0.15, -0.1) is 0 Å². The molecule has 0 aromatic heterocycles. The standard InChI is InChI=1S/C18H17NO5/c19-16(17(20)21)10-24-18(22)23-9-15-13-7-3-1-5-11(13)12-6-2-4-8-14(12)15/h1-8,15-16H,9-10,19H2,(H,20,21)/t16-/m0/s1. The molecule has 0 saturated heterocycles. The highest BCUT2D eigenvalue weighted by atomic mass is 16.7. The van der Waals surface area contributed by atoms with E-state index in [9.17, 15) is 9.59 Å². The maximum absolute atomic E-state index is 11.7. The van der Waals surface area contributed by atoms with Gasteiger partial charge in [-0.25, -0.2) is 4.79 Å². The molecule has 3 N–H and O–H groups in total. The normalized spacial score (nSPS) is 13.7. The Morgan fingerprint density at radius 1 is 1.00 bits per heavy atom. The average Bonchev–Trinajstić information content (AvgIpc) is 2.92. The van der Waals surface area contributed by atoms with E-state index in [2.05, 4.69) is 0 Å². The average molecular weight is 327 g/mol. The molecule has 0 radical (unpaired) electrons. The molecule has 1 aliphatic rings. The van der Waals surface area contributed by atoms with E-state index < -0.39 is 24.8 Å². The van der Waals surface area contributed by atoms with Gasteiger partial charge in [0, 0.05) is 5.92 Å². The zero-order valence-electron chi connectivity index (χ0n) is 12.8. The molecule has 0 aliphatic heterocycles. The van der Waals surface area contributed by atoms with Crippen LogP contribution in [0.1, 0.15) is 17.0 Å². The summed E-state index contributed by atoms with van der Waals surface area (Å²) in [6.07, 6.45) is -0.923. The number of carbonyl (C=O) groups is 2. The summed E-state index contributed by atoms with van der Waals surface area (Å²) in [5.41, 5.74) is 9.72. The molecule has 0 amide bonds. The minimum Gasteiger partial charge on any atom is -0.480 e. The third-order valence-corrected chi connectivity index (χ3v) is 4.03. The zero-order valence-corrected chi connectivity index (χ0v) is 12.8. The Kier molecular flexibility index (Phi) is 4.48. The number of nitrogens with two attached hydrogens (primary N) is 1. The second-order valence-corrected chi connectivity index (χ2v) is 5.54. The van der Waals surface area contributed by atoms with Crippen LogP contribution in [0.3, 0.4) is 0 Å². The van der Waals surface area contributed by atoms with Crippen LogP contribution in [0, 0.1) is 0 Å². The number of hydrogen-bond acceptors (Lipinski definition) is 5. The van der Waals surface area contributed by atoms with Crippen molar-refractivity contribution in [2.45, 2.75) is 12.0 Å². The van der Waals surface area contributed by atoms with Gasteiger partial charge >= 0.3 is 12.1 Å². The van der Waals surface area contributed by atoms with Crippen molar-refractivity contribution in [3.05, 3.63) is 59.7 Å². The van der Waals surface area contributed by atoms with Gasteiger partial charge < -0.3 is 20.3 Å². The van der Waals surface area contributed by atoms with E-state index in [-0.39, 0.29) is 12.5 Å². The maximum Gasteiger partial charge on any atom is 0.508 e. The topological polar surface area (TPSA) is 98.9 Å². The third-order valence-electron chi connectivity index (χ3n) is 4.03. The van der Waals surface area contributed by atoms with Crippen molar-refractivity contribution in [2.24, 2.45) is 5.73 Å². The van der Waals surface area contributed by atoms with Gasteiger partial charge in [0.1, 0.15) is 19.3 Å². The molecule has 0 saturated carbocycles. The molecule has 0 heterocycles.